The predicted octanol–water partition coefficient (Wildman–Crippen LogP) is 3.36. The molecule has 0 saturated heterocycles. The average molecular weight is 404 g/mol. The molecular formula is C19H18ClN3O5. The van der Waals surface area contributed by atoms with Crippen molar-refractivity contribution in [1.29, 1.82) is 0 Å². The molecule has 1 aromatic carbocycles. The Morgan fingerprint density at radius 1 is 1.18 bits per heavy atom. The van der Waals surface area contributed by atoms with Gasteiger partial charge in [-0.3, -0.25) is 9.78 Å². The number of halogens is 1. The van der Waals surface area contributed by atoms with Crippen molar-refractivity contribution in [2.24, 2.45) is 0 Å². The maximum atomic E-state index is 12.4. The number of ether oxygens (including phenoxy) is 1. The molecule has 3 aromatic rings. The van der Waals surface area contributed by atoms with Crippen LogP contribution in [0.4, 0.5) is 0 Å². The van der Waals surface area contributed by atoms with Gasteiger partial charge < -0.3 is 19.7 Å². The molecule has 0 bridgehead atoms. The van der Waals surface area contributed by atoms with E-state index in [1.807, 2.05) is 0 Å². The lowest BCUT2D eigenvalue weighted by Crippen LogP contribution is -2.28. The number of carboxylic acid groups (broad SMARTS) is 1. The van der Waals surface area contributed by atoms with E-state index in [4.69, 9.17) is 9.26 Å². The Balaban J connectivity index is 0.00000280. The Hall–Kier alpha value is -3.39. The van der Waals surface area contributed by atoms with Crippen LogP contribution in [0.2, 0.25) is 0 Å². The number of methoxy groups -OCH3 is 1. The van der Waals surface area contributed by atoms with Gasteiger partial charge in [0, 0.05) is 11.8 Å². The molecule has 0 fully saturated rings. The number of hydrogen-bond acceptors (Lipinski definition) is 6. The third-order valence-electron chi connectivity index (χ3n) is 3.96. The van der Waals surface area contributed by atoms with Crippen molar-refractivity contribution in [3.63, 3.8) is 0 Å². The average Bonchev–Trinajstić information content (AvgIpc) is 3.14. The molecule has 9 heteroatoms. The van der Waals surface area contributed by atoms with Crippen molar-refractivity contribution in [2.45, 2.75) is 13.0 Å². The van der Waals surface area contributed by atoms with Crippen LogP contribution in [0.25, 0.3) is 11.3 Å². The van der Waals surface area contributed by atoms with Gasteiger partial charge in [-0.2, -0.15) is 0 Å². The van der Waals surface area contributed by atoms with Gasteiger partial charge in [0.2, 0.25) is 5.76 Å². The summed E-state index contributed by atoms with van der Waals surface area (Å²) in [6, 6.07) is 11.2. The molecule has 0 radical (unpaired) electrons. The van der Waals surface area contributed by atoms with Crippen LogP contribution < -0.4 is 10.1 Å². The van der Waals surface area contributed by atoms with E-state index in [1.165, 1.54) is 6.20 Å². The number of aromatic carboxylic acids is 1. The summed E-state index contributed by atoms with van der Waals surface area (Å²) in [4.78, 5) is 27.9. The summed E-state index contributed by atoms with van der Waals surface area (Å²) < 4.78 is 10.2. The number of amides is 1. The lowest BCUT2D eigenvalue weighted by molar-refractivity contribution is 0.0648. The third-order valence-corrected chi connectivity index (χ3v) is 3.96. The van der Waals surface area contributed by atoms with Crippen molar-refractivity contribution >= 4 is 24.3 Å². The van der Waals surface area contributed by atoms with Gasteiger partial charge in [-0.1, -0.05) is 11.2 Å². The van der Waals surface area contributed by atoms with E-state index in [1.54, 1.807) is 56.5 Å². The summed E-state index contributed by atoms with van der Waals surface area (Å²) >= 11 is 0. The van der Waals surface area contributed by atoms with Crippen molar-refractivity contribution < 1.29 is 24.0 Å². The number of carboxylic acids is 1. The molecule has 0 aliphatic heterocycles. The van der Waals surface area contributed by atoms with Gasteiger partial charge in [-0.05, 0) is 43.3 Å². The van der Waals surface area contributed by atoms with Gasteiger partial charge >= 0.3 is 5.97 Å². The summed E-state index contributed by atoms with van der Waals surface area (Å²) in [6.45, 7) is 1.66. The summed E-state index contributed by atoms with van der Waals surface area (Å²) in [7, 11) is 1.55. The van der Waals surface area contributed by atoms with Gasteiger partial charge in [-0.25, -0.2) is 4.79 Å². The number of nitrogens with zero attached hydrogens (tertiary/aromatic N) is 2. The van der Waals surface area contributed by atoms with Crippen LogP contribution in [0.15, 0.2) is 53.2 Å². The predicted molar refractivity (Wildman–Crippen MR) is 103 cm³/mol. The number of aromatic nitrogens is 2. The van der Waals surface area contributed by atoms with E-state index in [0.29, 0.717) is 17.0 Å². The zero-order chi connectivity index (χ0) is 19.4. The first-order chi connectivity index (χ1) is 13.0. The molecule has 0 aliphatic carbocycles. The monoisotopic (exact) mass is 403 g/mol. The summed E-state index contributed by atoms with van der Waals surface area (Å²) in [6.07, 6.45) is 1.50. The Labute approximate surface area is 166 Å². The van der Waals surface area contributed by atoms with Gasteiger partial charge in [-0.15, -0.1) is 12.4 Å². The fraction of sp³-hybridized carbons (Fsp3) is 0.158. The topological polar surface area (TPSA) is 115 Å². The summed E-state index contributed by atoms with van der Waals surface area (Å²) in [5, 5.41) is 16.1. The second-order valence-electron chi connectivity index (χ2n) is 5.72. The first-order valence-corrected chi connectivity index (χ1v) is 8.10. The lowest BCUT2D eigenvalue weighted by atomic mass is 10.00. The van der Waals surface area contributed by atoms with E-state index in [-0.39, 0.29) is 29.4 Å². The number of carbonyl (C=O) groups is 2. The second-order valence-corrected chi connectivity index (χ2v) is 5.72. The van der Waals surface area contributed by atoms with E-state index in [0.717, 1.165) is 0 Å². The van der Waals surface area contributed by atoms with Gasteiger partial charge in [0.25, 0.3) is 5.91 Å². The standard InChI is InChI=1S/C19H17N3O5.ClH/c1-11(21-18(23)14-5-3-4-10-20-14)15-16(22-27-17(15)19(24)25)12-6-8-13(26-2)9-7-12;/h3-11H,1-2H3,(H,21,23)(H,24,25);1H/t11-;/m1./s1. The van der Waals surface area contributed by atoms with Crippen LogP contribution in [0.3, 0.4) is 0 Å². The molecule has 2 N–H and O–H groups in total. The molecule has 2 aromatic heterocycles. The van der Waals surface area contributed by atoms with E-state index < -0.39 is 17.9 Å². The molecule has 146 valence electrons. The van der Waals surface area contributed by atoms with E-state index in [9.17, 15) is 14.7 Å². The molecular weight excluding hydrogens is 386 g/mol. The molecule has 0 unspecified atom stereocenters. The SMILES string of the molecule is COc1ccc(-c2noc(C(=O)O)c2[C@@H](C)NC(=O)c2ccccn2)cc1.Cl. The Morgan fingerprint density at radius 3 is 2.46 bits per heavy atom. The normalized spacial score (nSPS) is 11.2. The van der Waals surface area contributed by atoms with Gasteiger partial charge in [0.15, 0.2) is 0 Å². The van der Waals surface area contributed by atoms with Crippen LogP contribution in [0.5, 0.6) is 5.75 Å². The number of rotatable bonds is 6. The minimum Gasteiger partial charge on any atom is -0.497 e. The minimum absolute atomic E-state index is 0. The molecule has 0 spiro atoms. The Kier molecular flexibility index (Phi) is 6.73. The molecule has 1 atom stereocenters. The van der Waals surface area contributed by atoms with Crippen LogP contribution >= 0.6 is 12.4 Å². The number of benzene rings is 1. The number of pyridine rings is 1. The zero-order valence-corrected chi connectivity index (χ0v) is 15.9. The van der Waals surface area contributed by atoms with Crippen molar-refractivity contribution in [1.82, 2.24) is 15.5 Å². The van der Waals surface area contributed by atoms with Crippen LogP contribution in [-0.2, 0) is 0 Å². The fourth-order valence-corrected chi connectivity index (χ4v) is 2.65. The largest absolute Gasteiger partial charge is 0.497 e. The smallest absolute Gasteiger partial charge is 0.375 e. The summed E-state index contributed by atoms with van der Waals surface area (Å²) in [5.41, 5.74) is 1.48. The number of hydrogen-bond donors (Lipinski definition) is 2. The van der Waals surface area contributed by atoms with Crippen molar-refractivity contribution in [3.8, 4) is 17.0 Å². The number of nitrogens with one attached hydrogen (secondary N) is 1. The van der Waals surface area contributed by atoms with E-state index in [2.05, 4.69) is 15.5 Å². The molecule has 8 nitrogen and oxygen atoms in total. The van der Waals surface area contributed by atoms with Crippen molar-refractivity contribution in [2.75, 3.05) is 7.11 Å². The highest BCUT2D eigenvalue weighted by atomic mass is 35.5. The molecule has 0 aliphatic rings. The van der Waals surface area contributed by atoms with E-state index >= 15 is 0 Å². The third kappa shape index (κ3) is 4.29. The first kappa shape index (κ1) is 20.9. The first-order valence-electron chi connectivity index (χ1n) is 8.10. The Morgan fingerprint density at radius 2 is 1.89 bits per heavy atom. The second kappa shape index (κ2) is 9.01. The van der Waals surface area contributed by atoms with Crippen molar-refractivity contribution in [3.05, 3.63) is 65.7 Å². The Bertz CT molecular complexity index is 957. The highest BCUT2D eigenvalue weighted by molar-refractivity contribution is 5.93. The zero-order valence-electron chi connectivity index (χ0n) is 15.1. The summed E-state index contributed by atoms with van der Waals surface area (Å²) in [5.74, 6) is -1.37. The highest BCUT2D eigenvalue weighted by Crippen LogP contribution is 2.31. The van der Waals surface area contributed by atoms with Gasteiger partial charge in [0.05, 0.1) is 18.7 Å². The van der Waals surface area contributed by atoms with Crippen LogP contribution in [-0.4, -0.2) is 34.2 Å². The molecule has 2 heterocycles. The molecule has 1 amide bonds. The minimum atomic E-state index is -1.27. The fourth-order valence-electron chi connectivity index (χ4n) is 2.65. The maximum Gasteiger partial charge on any atom is 0.375 e. The quantitative estimate of drug-likeness (QED) is 0.648. The van der Waals surface area contributed by atoms with Crippen LogP contribution in [0.1, 0.15) is 39.6 Å². The molecule has 3 rings (SSSR count). The highest BCUT2D eigenvalue weighted by Gasteiger charge is 2.28. The lowest BCUT2D eigenvalue weighted by Gasteiger charge is -2.14. The van der Waals surface area contributed by atoms with Gasteiger partial charge in [0.1, 0.15) is 17.1 Å². The molecule has 28 heavy (non-hydrogen) atoms. The maximum absolute atomic E-state index is 12.4. The molecule has 0 saturated carbocycles. The van der Waals surface area contributed by atoms with Crippen LogP contribution in [0, 0.1) is 0 Å². The number of carbonyl (C=O) groups excluding carboxylic acids is 1.